The molecule has 1 heterocycles. The van der Waals surface area contributed by atoms with Crippen molar-refractivity contribution < 1.29 is 14.3 Å². The number of carbonyl (C=O) groups excluding carboxylic acids is 2. The van der Waals surface area contributed by atoms with Gasteiger partial charge in [-0.1, -0.05) is 36.4 Å². The van der Waals surface area contributed by atoms with Crippen molar-refractivity contribution in [2.75, 3.05) is 18.1 Å². The van der Waals surface area contributed by atoms with Crippen molar-refractivity contribution in [1.29, 1.82) is 0 Å². The third-order valence-electron chi connectivity index (χ3n) is 3.88. The number of hydrogen-bond acceptors (Lipinski definition) is 3. The minimum absolute atomic E-state index is 0.188. The van der Waals surface area contributed by atoms with E-state index in [4.69, 9.17) is 4.74 Å². The maximum atomic E-state index is 12.3. The number of esters is 1. The number of hydrogen-bond donors (Lipinski definition) is 0. The van der Waals surface area contributed by atoms with Crippen LogP contribution in [0, 0.1) is 6.92 Å². The molecule has 0 aromatic heterocycles. The van der Waals surface area contributed by atoms with Gasteiger partial charge in [-0.05, 0) is 36.6 Å². The number of anilines is 1. The molecule has 4 heteroatoms. The van der Waals surface area contributed by atoms with Crippen LogP contribution in [0.5, 0.6) is 0 Å². The van der Waals surface area contributed by atoms with Crippen LogP contribution in [0.2, 0.25) is 0 Å². The second-order valence-electron chi connectivity index (χ2n) is 5.32. The van der Waals surface area contributed by atoms with Crippen molar-refractivity contribution in [2.45, 2.75) is 13.3 Å². The Bertz CT molecular complexity index is 724. The van der Waals surface area contributed by atoms with Gasteiger partial charge < -0.3 is 9.64 Å². The topological polar surface area (TPSA) is 46.6 Å². The summed E-state index contributed by atoms with van der Waals surface area (Å²) in [5.41, 5.74) is 3.41. The number of nitrogens with zero attached hydrogens (tertiary/aromatic N) is 1. The van der Waals surface area contributed by atoms with E-state index in [2.05, 4.69) is 0 Å². The first-order valence-electron chi connectivity index (χ1n) is 7.28. The Labute approximate surface area is 129 Å². The Morgan fingerprint density at radius 2 is 1.82 bits per heavy atom. The van der Waals surface area contributed by atoms with Crippen LogP contribution in [-0.2, 0) is 16.0 Å². The Balaban J connectivity index is 1.64. The first kappa shape index (κ1) is 14.3. The largest absolute Gasteiger partial charge is 0.452 e. The summed E-state index contributed by atoms with van der Waals surface area (Å²) in [4.78, 5) is 26.0. The lowest BCUT2D eigenvalue weighted by molar-refractivity contribution is -0.121. The summed E-state index contributed by atoms with van der Waals surface area (Å²) >= 11 is 0. The first-order chi connectivity index (χ1) is 10.7. The molecule has 0 saturated heterocycles. The van der Waals surface area contributed by atoms with Crippen molar-refractivity contribution in [3.63, 3.8) is 0 Å². The van der Waals surface area contributed by atoms with Gasteiger partial charge in [-0.3, -0.25) is 4.79 Å². The normalized spacial score (nSPS) is 12.9. The summed E-state index contributed by atoms with van der Waals surface area (Å²) in [6.07, 6.45) is 0.841. The molecule has 0 spiro atoms. The fourth-order valence-electron chi connectivity index (χ4n) is 2.68. The first-order valence-corrected chi connectivity index (χ1v) is 7.28. The van der Waals surface area contributed by atoms with Crippen LogP contribution in [0.25, 0.3) is 0 Å². The van der Waals surface area contributed by atoms with E-state index in [1.807, 2.05) is 43.3 Å². The lowest BCUT2D eigenvalue weighted by Gasteiger charge is -2.17. The second-order valence-corrected chi connectivity index (χ2v) is 5.32. The lowest BCUT2D eigenvalue weighted by atomic mass is 10.1. The number of ether oxygens (including phenoxy) is 1. The third-order valence-corrected chi connectivity index (χ3v) is 3.88. The average Bonchev–Trinajstić information content (AvgIpc) is 2.97. The van der Waals surface area contributed by atoms with Gasteiger partial charge in [0.15, 0.2) is 6.61 Å². The molecule has 1 amide bonds. The van der Waals surface area contributed by atoms with Gasteiger partial charge >= 0.3 is 5.97 Å². The quantitative estimate of drug-likeness (QED) is 0.818. The van der Waals surface area contributed by atoms with Crippen molar-refractivity contribution in [2.24, 2.45) is 0 Å². The highest BCUT2D eigenvalue weighted by molar-refractivity contribution is 5.98. The number of amides is 1. The Kier molecular flexibility index (Phi) is 3.92. The average molecular weight is 295 g/mol. The Morgan fingerprint density at radius 3 is 2.64 bits per heavy atom. The van der Waals surface area contributed by atoms with Gasteiger partial charge in [0.2, 0.25) is 0 Å². The smallest absolute Gasteiger partial charge is 0.338 e. The minimum atomic E-state index is -0.459. The van der Waals surface area contributed by atoms with E-state index in [1.165, 1.54) is 0 Å². The van der Waals surface area contributed by atoms with Crippen LogP contribution < -0.4 is 4.90 Å². The molecule has 22 heavy (non-hydrogen) atoms. The van der Waals surface area contributed by atoms with E-state index in [-0.39, 0.29) is 12.5 Å². The highest BCUT2D eigenvalue weighted by Crippen LogP contribution is 2.27. The Hall–Kier alpha value is -2.62. The molecule has 0 atom stereocenters. The summed E-state index contributed by atoms with van der Waals surface area (Å²) < 4.78 is 5.17. The van der Waals surface area contributed by atoms with E-state index >= 15 is 0 Å². The summed E-state index contributed by atoms with van der Waals surface area (Å²) in [5.74, 6) is -0.647. The second kappa shape index (κ2) is 6.02. The van der Waals surface area contributed by atoms with Gasteiger partial charge in [-0.15, -0.1) is 0 Å². The van der Waals surface area contributed by atoms with Crippen molar-refractivity contribution in [1.82, 2.24) is 0 Å². The van der Waals surface area contributed by atoms with Gasteiger partial charge in [0.05, 0.1) is 5.56 Å². The fourth-order valence-corrected chi connectivity index (χ4v) is 2.68. The molecule has 0 bridgehead atoms. The predicted molar refractivity (Wildman–Crippen MR) is 84.0 cm³/mol. The monoisotopic (exact) mass is 295 g/mol. The zero-order valence-corrected chi connectivity index (χ0v) is 12.4. The Morgan fingerprint density at radius 1 is 1.09 bits per heavy atom. The maximum absolute atomic E-state index is 12.3. The van der Waals surface area contributed by atoms with Gasteiger partial charge in [0, 0.05) is 12.2 Å². The van der Waals surface area contributed by atoms with Gasteiger partial charge in [-0.2, -0.15) is 0 Å². The SMILES string of the molecule is Cc1ccccc1C(=O)OCC(=O)N1CCc2ccccc21. The predicted octanol–water partition coefficient (Wildman–Crippen LogP) is 2.74. The van der Waals surface area contributed by atoms with Crippen LogP contribution in [0.3, 0.4) is 0 Å². The number of aryl methyl sites for hydroxylation is 1. The van der Waals surface area contributed by atoms with Gasteiger partial charge in [0.1, 0.15) is 0 Å². The van der Waals surface area contributed by atoms with E-state index in [0.717, 1.165) is 23.2 Å². The van der Waals surface area contributed by atoms with E-state index in [1.54, 1.807) is 17.0 Å². The molecule has 3 rings (SSSR count). The molecule has 0 radical (unpaired) electrons. The summed E-state index contributed by atoms with van der Waals surface area (Å²) in [5, 5.41) is 0. The number of para-hydroxylation sites is 1. The van der Waals surface area contributed by atoms with Crippen LogP contribution in [0.4, 0.5) is 5.69 Å². The van der Waals surface area contributed by atoms with Crippen LogP contribution in [-0.4, -0.2) is 25.0 Å². The summed E-state index contributed by atoms with van der Waals surface area (Å²) in [6.45, 7) is 2.25. The van der Waals surface area contributed by atoms with E-state index in [9.17, 15) is 9.59 Å². The van der Waals surface area contributed by atoms with Crippen LogP contribution in [0.1, 0.15) is 21.5 Å². The van der Waals surface area contributed by atoms with Crippen molar-refractivity contribution in [3.05, 3.63) is 65.2 Å². The van der Waals surface area contributed by atoms with Crippen LogP contribution in [0.15, 0.2) is 48.5 Å². The molecule has 112 valence electrons. The zero-order valence-electron chi connectivity index (χ0n) is 12.4. The third kappa shape index (κ3) is 2.72. The van der Waals surface area contributed by atoms with Crippen molar-refractivity contribution in [3.8, 4) is 0 Å². The molecule has 2 aromatic rings. The molecule has 1 aliphatic rings. The molecule has 4 nitrogen and oxygen atoms in total. The molecule has 2 aromatic carbocycles. The summed E-state index contributed by atoms with van der Waals surface area (Å²) in [6, 6.07) is 15.0. The fraction of sp³-hybridized carbons (Fsp3) is 0.222. The number of rotatable bonds is 3. The molecule has 0 N–H and O–H groups in total. The highest BCUT2D eigenvalue weighted by Gasteiger charge is 2.25. The molecule has 1 aliphatic heterocycles. The van der Waals surface area contributed by atoms with E-state index in [0.29, 0.717) is 12.1 Å². The number of fused-ring (bicyclic) bond motifs is 1. The number of carbonyl (C=O) groups is 2. The number of benzene rings is 2. The van der Waals surface area contributed by atoms with Crippen molar-refractivity contribution >= 4 is 17.6 Å². The molecule has 0 saturated carbocycles. The van der Waals surface area contributed by atoms with E-state index < -0.39 is 5.97 Å². The molecular weight excluding hydrogens is 278 g/mol. The zero-order chi connectivity index (χ0) is 15.5. The van der Waals surface area contributed by atoms with Gasteiger partial charge in [0.25, 0.3) is 5.91 Å². The van der Waals surface area contributed by atoms with Gasteiger partial charge in [-0.25, -0.2) is 4.79 Å². The molecule has 0 aliphatic carbocycles. The van der Waals surface area contributed by atoms with Crippen LogP contribution >= 0.6 is 0 Å². The highest BCUT2D eigenvalue weighted by atomic mass is 16.5. The minimum Gasteiger partial charge on any atom is -0.452 e. The molecular formula is C18H17NO3. The standard InChI is InChI=1S/C18H17NO3/c1-13-6-2-4-8-15(13)18(21)22-12-17(20)19-11-10-14-7-3-5-9-16(14)19/h2-9H,10-12H2,1H3. The maximum Gasteiger partial charge on any atom is 0.338 e. The molecule has 0 fully saturated rings. The summed E-state index contributed by atoms with van der Waals surface area (Å²) in [7, 11) is 0. The molecule has 0 unspecified atom stereocenters. The lowest BCUT2D eigenvalue weighted by Crippen LogP contribution is -2.33.